The summed E-state index contributed by atoms with van der Waals surface area (Å²) in [5, 5.41) is 12.2. The second-order valence-corrected chi connectivity index (χ2v) is 8.74. The van der Waals surface area contributed by atoms with Crippen LogP contribution in [0.2, 0.25) is 0 Å². The zero-order chi connectivity index (χ0) is 18.5. The van der Waals surface area contributed by atoms with Gasteiger partial charge in [0, 0.05) is 24.2 Å². The monoisotopic (exact) mass is 355 g/mol. The van der Waals surface area contributed by atoms with E-state index in [1.54, 1.807) is 0 Å². The van der Waals surface area contributed by atoms with Gasteiger partial charge in [0.05, 0.1) is 22.2 Å². The number of rotatable bonds is 4. The Morgan fingerprint density at radius 1 is 1.35 bits per heavy atom. The molecule has 1 unspecified atom stereocenters. The van der Waals surface area contributed by atoms with Crippen molar-refractivity contribution in [2.45, 2.75) is 70.9 Å². The summed E-state index contributed by atoms with van der Waals surface area (Å²) in [6, 6.07) is 2.39. The largest absolute Gasteiger partial charge is 0.350 e. The number of carbonyl (C=O) groups is 1. The summed E-state index contributed by atoms with van der Waals surface area (Å²) >= 11 is 0. The highest BCUT2D eigenvalue weighted by atomic mass is 16.1. The third-order valence-corrected chi connectivity index (χ3v) is 5.38. The average molecular weight is 355 g/mol. The Hall–Kier alpha value is -1.95. The zero-order valence-corrected chi connectivity index (χ0v) is 16.2. The number of hydrogen-bond donors (Lipinski definition) is 2. The summed E-state index contributed by atoms with van der Waals surface area (Å²) in [5.74, 6) is 0.482. The van der Waals surface area contributed by atoms with E-state index in [0.29, 0.717) is 18.5 Å². The average Bonchev–Trinajstić information content (AvgIpc) is 3.20. The minimum atomic E-state index is -0.177. The number of aromatic nitrogens is 3. The molecule has 4 rings (SSSR count). The van der Waals surface area contributed by atoms with Crippen molar-refractivity contribution in [3.05, 3.63) is 23.0 Å². The highest BCUT2D eigenvalue weighted by Crippen LogP contribution is 2.40. The number of nitrogens with zero attached hydrogens (tertiary/aromatic N) is 3. The van der Waals surface area contributed by atoms with Gasteiger partial charge in [-0.05, 0) is 66.0 Å². The zero-order valence-electron chi connectivity index (χ0n) is 16.2. The van der Waals surface area contributed by atoms with Gasteiger partial charge in [0.1, 0.15) is 0 Å². The predicted octanol–water partition coefficient (Wildman–Crippen LogP) is 2.85. The van der Waals surface area contributed by atoms with Crippen molar-refractivity contribution >= 4 is 16.9 Å². The SMILES string of the molecule is Cc1nn(C(C)(C)C)c2nc(C3CC3)cc(C(=O)NCC3CCCN3)c12. The molecule has 2 aromatic heterocycles. The van der Waals surface area contributed by atoms with Gasteiger partial charge in [0.25, 0.3) is 5.91 Å². The molecule has 26 heavy (non-hydrogen) atoms. The van der Waals surface area contributed by atoms with Crippen molar-refractivity contribution in [1.29, 1.82) is 0 Å². The topological polar surface area (TPSA) is 71.8 Å². The molecule has 140 valence electrons. The van der Waals surface area contributed by atoms with E-state index in [1.165, 1.54) is 6.42 Å². The number of hydrogen-bond acceptors (Lipinski definition) is 4. The van der Waals surface area contributed by atoms with Gasteiger partial charge in [-0.3, -0.25) is 4.79 Å². The van der Waals surface area contributed by atoms with Crippen molar-refractivity contribution < 1.29 is 4.79 Å². The highest BCUT2D eigenvalue weighted by Gasteiger charge is 2.30. The standard InChI is InChI=1S/C20H29N5O/c1-12-17-15(19(26)22-11-14-6-5-9-21-14)10-16(13-7-8-13)23-18(17)25(24-12)20(2,3)4/h10,13-14,21H,5-9,11H2,1-4H3,(H,22,26). The predicted molar refractivity (Wildman–Crippen MR) is 103 cm³/mol. The summed E-state index contributed by atoms with van der Waals surface area (Å²) < 4.78 is 1.97. The van der Waals surface area contributed by atoms with E-state index in [-0.39, 0.29) is 11.4 Å². The maximum Gasteiger partial charge on any atom is 0.252 e. The molecule has 2 fully saturated rings. The van der Waals surface area contributed by atoms with E-state index in [1.807, 2.05) is 17.7 Å². The lowest BCUT2D eigenvalue weighted by Crippen LogP contribution is -2.37. The maximum absolute atomic E-state index is 13.0. The van der Waals surface area contributed by atoms with E-state index >= 15 is 0 Å². The first kappa shape index (κ1) is 17.5. The van der Waals surface area contributed by atoms with Crippen molar-refractivity contribution in [2.24, 2.45) is 0 Å². The Labute approximate surface area is 154 Å². The van der Waals surface area contributed by atoms with E-state index in [9.17, 15) is 4.79 Å². The normalized spacial score (nSPS) is 20.7. The first-order valence-electron chi connectivity index (χ1n) is 9.77. The first-order valence-corrected chi connectivity index (χ1v) is 9.77. The molecule has 0 bridgehead atoms. The first-order chi connectivity index (χ1) is 12.3. The molecule has 1 aliphatic carbocycles. The Morgan fingerprint density at radius 3 is 2.73 bits per heavy atom. The summed E-state index contributed by atoms with van der Waals surface area (Å²) in [6.45, 7) is 10.1. The molecule has 2 aromatic rings. The Morgan fingerprint density at radius 2 is 2.12 bits per heavy atom. The second kappa shape index (κ2) is 6.34. The number of amides is 1. The van der Waals surface area contributed by atoms with Gasteiger partial charge in [-0.15, -0.1) is 0 Å². The number of pyridine rings is 1. The lowest BCUT2D eigenvalue weighted by atomic mass is 10.1. The van der Waals surface area contributed by atoms with Crippen LogP contribution in [0.25, 0.3) is 11.0 Å². The summed E-state index contributed by atoms with van der Waals surface area (Å²) in [5.41, 5.74) is 3.29. The van der Waals surface area contributed by atoms with Crippen molar-refractivity contribution in [3.8, 4) is 0 Å². The van der Waals surface area contributed by atoms with Crippen LogP contribution in [-0.4, -0.2) is 39.8 Å². The summed E-state index contributed by atoms with van der Waals surface area (Å²) in [7, 11) is 0. The highest BCUT2D eigenvalue weighted by molar-refractivity contribution is 6.06. The van der Waals surface area contributed by atoms with Crippen LogP contribution < -0.4 is 10.6 Å². The fraction of sp³-hybridized carbons (Fsp3) is 0.650. The minimum absolute atomic E-state index is 0.00967. The number of nitrogens with one attached hydrogen (secondary N) is 2. The Balaban J connectivity index is 1.74. The quantitative estimate of drug-likeness (QED) is 0.885. The summed E-state index contributed by atoms with van der Waals surface area (Å²) in [4.78, 5) is 17.9. The van der Waals surface area contributed by atoms with Gasteiger partial charge in [-0.2, -0.15) is 5.10 Å². The molecule has 0 aromatic carbocycles. The van der Waals surface area contributed by atoms with Crippen LogP contribution >= 0.6 is 0 Å². The Kier molecular flexibility index (Phi) is 4.26. The molecule has 6 nitrogen and oxygen atoms in total. The molecular weight excluding hydrogens is 326 g/mol. The number of carbonyl (C=O) groups excluding carboxylic acids is 1. The van der Waals surface area contributed by atoms with Crippen LogP contribution in [0.3, 0.4) is 0 Å². The van der Waals surface area contributed by atoms with Crippen LogP contribution in [0, 0.1) is 6.92 Å². The Bertz CT molecular complexity index is 838. The smallest absolute Gasteiger partial charge is 0.252 e. The van der Waals surface area contributed by atoms with Crippen molar-refractivity contribution in [2.75, 3.05) is 13.1 Å². The fourth-order valence-electron chi connectivity index (χ4n) is 3.79. The lowest BCUT2D eigenvalue weighted by Gasteiger charge is -2.20. The number of fused-ring (bicyclic) bond motifs is 1. The molecule has 1 saturated carbocycles. The molecule has 1 saturated heterocycles. The second-order valence-electron chi connectivity index (χ2n) is 8.74. The maximum atomic E-state index is 13.0. The van der Waals surface area contributed by atoms with Crippen LogP contribution in [0.1, 0.15) is 74.1 Å². The molecule has 3 heterocycles. The van der Waals surface area contributed by atoms with Gasteiger partial charge in [-0.1, -0.05) is 0 Å². The molecule has 2 aliphatic rings. The van der Waals surface area contributed by atoms with Gasteiger partial charge < -0.3 is 10.6 Å². The van der Waals surface area contributed by atoms with E-state index < -0.39 is 0 Å². The van der Waals surface area contributed by atoms with Gasteiger partial charge in [-0.25, -0.2) is 9.67 Å². The van der Waals surface area contributed by atoms with Crippen LogP contribution in [0.15, 0.2) is 6.07 Å². The summed E-state index contributed by atoms with van der Waals surface area (Å²) in [6.07, 6.45) is 4.63. The molecule has 0 spiro atoms. The van der Waals surface area contributed by atoms with E-state index in [0.717, 1.165) is 53.8 Å². The van der Waals surface area contributed by atoms with Crippen molar-refractivity contribution in [1.82, 2.24) is 25.4 Å². The number of aryl methyl sites for hydroxylation is 1. The molecule has 0 radical (unpaired) electrons. The molecule has 1 aliphatic heterocycles. The van der Waals surface area contributed by atoms with E-state index in [4.69, 9.17) is 10.1 Å². The van der Waals surface area contributed by atoms with Crippen molar-refractivity contribution in [3.63, 3.8) is 0 Å². The van der Waals surface area contributed by atoms with Crippen LogP contribution in [0.4, 0.5) is 0 Å². The van der Waals surface area contributed by atoms with Crippen LogP contribution in [-0.2, 0) is 5.54 Å². The van der Waals surface area contributed by atoms with Gasteiger partial charge in [0.2, 0.25) is 0 Å². The molecule has 6 heteroatoms. The molecular formula is C20H29N5O. The van der Waals surface area contributed by atoms with E-state index in [2.05, 4.69) is 31.4 Å². The lowest BCUT2D eigenvalue weighted by molar-refractivity contribution is 0.0951. The third kappa shape index (κ3) is 3.22. The third-order valence-electron chi connectivity index (χ3n) is 5.38. The molecule has 1 atom stereocenters. The molecule has 1 amide bonds. The van der Waals surface area contributed by atoms with Gasteiger partial charge in [0.15, 0.2) is 5.65 Å². The van der Waals surface area contributed by atoms with Crippen LogP contribution in [0.5, 0.6) is 0 Å². The van der Waals surface area contributed by atoms with Gasteiger partial charge >= 0.3 is 0 Å². The molecule has 2 N–H and O–H groups in total. The minimum Gasteiger partial charge on any atom is -0.350 e. The fourth-order valence-corrected chi connectivity index (χ4v) is 3.79.